The van der Waals surface area contributed by atoms with E-state index in [4.69, 9.17) is 0 Å². The molecule has 2 aromatic rings. The molecule has 0 bridgehead atoms. The van der Waals surface area contributed by atoms with Crippen LogP contribution in [-0.4, -0.2) is 23.0 Å². The molecule has 0 saturated heterocycles. The third-order valence-electron chi connectivity index (χ3n) is 2.75. The first-order chi connectivity index (χ1) is 9.58. The summed E-state index contributed by atoms with van der Waals surface area (Å²) in [5, 5.41) is 19.9. The number of aliphatic imine (C=N–C) groups is 1. The number of hydrogen-bond acceptors (Lipinski definition) is 3. The van der Waals surface area contributed by atoms with Crippen molar-refractivity contribution in [1.82, 2.24) is 0 Å². The zero-order chi connectivity index (χ0) is 14.5. The van der Waals surface area contributed by atoms with Gasteiger partial charge in [0.1, 0.15) is 5.75 Å². The Hall–Kier alpha value is -1.17. The van der Waals surface area contributed by atoms with Gasteiger partial charge >= 0.3 is 0 Å². The summed E-state index contributed by atoms with van der Waals surface area (Å²) >= 11 is 6.62. The van der Waals surface area contributed by atoms with Gasteiger partial charge in [-0.3, -0.25) is 4.99 Å². The van der Waals surface area contributed by atoms with Gasteiger partial charge in [0.25, 0.3) is 0 Å². The number of hydrogen-bond donors (Lipinski definition) is 2. The van der Waals surface area contributed by atoms with E-state index in [0.717, 1.165) is 10.0 Å². The molecule has 0 unspecified atom stereocenters. The van der Waals surface area contributed by atoms with Gasteiger partial charge in [0.2, 0.25) is 0 Å². The van der Waals surface area contributed by atoms with Crippen LogP contribution in [0.4, 0.5) is 0 Å². The molecule has 0 amide bonds. The lowest BCUT2D eigenvalue weighted by Crippen LogP contribution is -2.01. The number of halogens is 2. The Morgan fingerprint density at radius 2 is 1.85 bits per heavy atom. The molecule has 104 valence electrons. The molecule has 2 N–H and O–H groups in total. The second-order valence-electron chi connectivity index (χ2n) is 4.25. The molecule has 0 spiro atoms. The maximum absolute atomic E-state index is 9.98. The van der Waals surface area contributed by atoms with E-state index >= 15 is 0 Å². The van der Waals surface area contributed by atoms with Crippen LogP contribution in [-0.2, 0) is 0 Å². The number of aromatic hydroxyl groups is 1. The van der Waals surface area contributed by atoms with E-state index in [0.29, 0.717) is 10.0 Å². The van der Waals surface area contributed by atoms with E-state index < -0.39 is 6.10 Å². The van der Waals surface area contributed by atoms with Crippen molar-refractivity contribution < 1.29 is 10.2 Å². The summed E-state index contributed by atoms with van der Waals surface area (Å²) in [7, 11) is 0. The molecule has 0 radical (unpaired) electrons. The van der Waals surface area contributed by atoms with Crippen molar-refractivity contribution in [2.45, 2.75) is 6.10 Å². The van der Waals surface area contributed by atoms with Crippen LogP contribution in [0.5, 0.6) is 5.75 Å². The Balaban J connectivity index is 2.07. The fraction of sp³-hybridized carbons (Fsp3) is 0.133. The van der Waals surface area contributed by atoms with Gasteiger partial charge in [-0.1, -0.05) is 46.3 Å². The third kappa shape index (κ3) is 3.91. The number of aliphatic hydroxyl groups is 1. The first kappa shape index (κ1) is 15.2. The van der Waals surface area contributed by atoms with Crippen molar-refractivity contribution in [3.63, 3.8) is 0 Å². The van der Waals surface area contributed by atoms with Crippen LogP contribution >= 0.6 is 31.9 Å². The molecule has 0 aromatic heterocycles. The van der Waals surface area contributed by atoms with Gasteiger partial charge in [-0.05, 0) is 33.6 Å². The highest BCUT2D eigenvalue weighted by atomic mass is 79.9. The quantitative estimate of drug-likeness (QED) is 0.762. The number of phenols is 1. The molecule has 1 atom stereocenters. The summed E-state index contributed by atoms with van der Waals surface area (Å²) in [5.74, 6) is 0.131. The number of aliphatic hydroxyl groups excluding tert-OH is 1. The second kappa shape index (κ2) is 7.02. The smallest absolute Gasteiger partial charge is 0.138 e. The number of rotatable bonds is 4. The summed E-state index contributed by atoms with van der Waals surface area (Å²) < 4.78 is 1.43. The second-order valence-corrected chi connectivity index (χ2v) is 6.02. The minimum absolute atomic E-state index is 0.131. The van der Waals surface area contributed by atoms with Crippen molar-refractivity contribution in [3.8, 4) is 5.75 Å². The van der Waals surface area contributed by atoms with E-state index in [1.165, 1.54) is 0 Å². The fourth-order valence-corrected chi connectivity index (χ4v) is 2.97. The summed E-state index contributed by atoms with van der Waals surface area (Å²) in [6.07, 6.45) is 0.905. The standard InChI is InChI=1S/C15H13Br2NO2/c16-12-6-11(15(20)13(17)7-12)8-18-9-14(19)10-4-2-1-3-5-10/h1-8,14,19-20H,9H2/t14-/m1/s1. The third-order valence-corrected chi connectivity index (χ3v) is 3.81. The van der Waals surface area contributed by atoms with Crippen LogP contribution in [0.1, 0.15) is 17.2 Å². The van der Waals surface area contributed by atoms with Crippen molar-refractivity contribution in [1.29, 1.82) is 0 Å². The van der Waals surface area contributed by atoms with Crippen molar-refractivity contribution in [2.24, 2.45) is 4.99 Å². The number of phenolic OH excluding ortho intramolecular Hbond substituents is 1. The molecular weight excluding hydrogens is 386 g/mol. The Kier molecular flexibility index (Phi) is 5.34. The molecule has 0 heterocycles. The Bertz CT molecular complexity index is 615. The van der Waals surface area contributed by atoms with E-state index in [1.807, 2.05) is 30.3 Å². The topological polar surface area (TPSA) is 52.8 Å². The van der Waals surface area contributed by atoms with Crippen LogP contribution in [0.15, 0.2) is 56.4 Å². The van der Waals surface area contributed by atoms with E-state index in [1.54, 1.807) is 18.3 Å². The molecule has 0 saturated carbocycles. The van der Waals surface area contributed by atoms with Crippen molar-refractivity contribution in [3.05, 3.63) is 62.5 Å². The molecule has 5 heteroatoms. The lowest BCUT2D eigenvalue weighted by molar-refractivity contribution is 0.187. The SMILES string of the molecule is Oc1c(Br)cc(Br)cc1C=NC[C@@H](O)c1ccccc1. The Morgan fingerprint density at radius 1 is 1.15 bits per heavy atom. The average Bonchev–Trinajstić information content (AvgIpc) is 2.44. The van der Waals surface area contributed by atoms with Crippen molar-refractivity contribution in [2.75, 3.05) is 6.54 Å². The van der Waals surface area contributed by atoms with Crippen LogP contribution < -0.4 is 0 Å². The Morgan fingerprint density at radius 3 is 2.55 bits per heavy atom. The lowest BCUT2D eigenvalue weighted by Gasteiger charge is -2.07. The monoisotopic (exact) mass is 397 g/mol. The van der Waals surface area contributed by atoms with Gasteiger partial charge in [0.15, 0.2) is 0 Å². The van der Waals surface area contributed by atoms with Crippen LogP contribution in [0.2, 0.25) is 0 Å². The van der Waals surface area contributed by atoms with Gasteiger partial charge in [-0.25, -0.2) is 0 Å². The summed E-state index contributed by atoms with van der Waals surface area (Å²) in [4.78, 5) is 4.18. The Labute approximate surface area is 134 Å². The van der Waals surface area contributed by atoms with Gasteiger partial charge in [-0.15, -0.1) is 0 Å². The molecule has 3 nitrogen and oxygen atoms in total. The molecule has 20 heavy (non-hydrogen) atoms. The summed E-state index contributed by atoms with van der Waals surface area (Å²) in [5.41, 5.74) is 1.41. The molecule has 2 rings (SSSR count). The highest BCUT2D eigenvalue weighted by Gasteiger charge is 2.07. The largest absolute Gasteiger partial charge is 0.506 e. The maximum Gasteiger partial charge on any atom is 0.138 e. The van der Waals surface area contributed by atoms with Gasteiger partial charge < -0.3 is 10.2 Å². The van der Waals surface area contributed by atoms with Crippen LogP contribution in [0, 0.1) is 0 Å². The van der Waals surface area contributed by atoms with Gasteiger partial charge in [0.05, 0.1) is 17.1 Å². The fourth-order valence-electron chi connectivity index (χ4n) is 1.72. The lowest BCUT2D eigenvalue weighted by atomic mass is 10.1. The number of nitrogens with zero attached hydrogens (tertiary/aromatic N) is 1. The molecule has 0 aliphatic rings. The first-order valence-electron chi connectivity index (χ1n) is 5.99. The zero-order valence-corrected chi connectivity index (χ0v) is 13.7. The highest BCUT2D eigenvalue weighted by Crippen LogP contribution is 2.30. The molecule has 2 aromatic carbocycles. The molecular formula is C15H13Br2NO2. The van der Waals surface area contributed by atoms with Crippen LogP contribution in [0.25, 0.3) is 0 Å². The normalized spacial score (nSPS) is 12.8. The first-order valence-corrected chi connectivity index (χ1v) is 7.57. The molecule has 0 aliphatic heterocycles. The average molecular weight is 399 g/mol. The van der Waals surface area contributed by atoms with Crippen molar-refractivity contribution >= 4 is 38.1 Å². The zero-order valence-electron chi connectivity index (χ0n) is 10.5. The minimum atomic E-state index is -0.648. The highest BCUT2D eigenvalue weighted by molar-refractivity contribution is 9.11. The van der Waals surface area contributed by atoms with Gasteiger partial charge in [0, 0.05) is 16.3 Å². The summed E-state index contributed by atoms with van der Waals surface area (Å²) in [6.45, 7) is 0.244. The van der Waals surface area contributed by atoms with E-state index in [9.17, 15) is 10.2 Å². The predicted octanol–water partition coefficient (Wildman–Crippen LogP) is 4.07. The molecule has 0 aliphatic carbocycles. The maximum atomic E-state index is 9.98. The molecule has 0 fully saturated rings. The number of benzene rings is 2. The summed E-state index contributed by atoms with van der Waals surface area (Å²) in [6, 6.07) is 12.9. The van der Waals surface area contributed by atoms with E-state index in [2.05, 4.69) is 36.9 Å². The van der Waals surface area contributed by atoms with E-state index in [-0.39, 0.29) is 12.3 Å². The van der Waals surface area contributed by atoms with Crippen LogP contribution in [0.3, 0.4) is 0 Å². The van der Waals surface area contributed by atoms with Gasteiger partial charge in [-0.2, -0.15) is 0 Å². The predicted molar refractivity (Wildman–Crippen MR) is 87.4 cm³/mol. The minimum Gasteiger partial charge on any atom is -0.506 e.